The van der Waals surface area contributed by atoms with Crippen LogP contribution in [-0.2, 0) is 0 Å². The van der Waals surface area contributed by atoms with Crippen LogP contribution in [0.3, 0.4) is 0 Å². The van der Waals surface area contributed by atoms with Gasteiger partial charge in [-0.2, -0.15) is 0 Å². The van der Waals surface area contributed by atoms with E-state index in [0.29, 0.717) is 0 Å². The van der Waals surface area contributed by atoms with Gasteiger partial charge in [-0.25, -0.2) is 4.98 Å². The Balaban J connectivity index is 2.02. The first-order valence-electron chi connectivity index (χ1n) is 6.12. The second-order valence-electron chi connectivity index (χ2n) is 4.48. The first-order valence-corrected chi connectivity index (χ1v) is 8.58. The van der Waals surface area contributed by atoms with Gasteiger partial charge in [0.2, 0.25) is 0 Å². The molecule has 1 aromatic heterocycles. The fraction of sp³-hybridized carbons (Fsp3) is 0.0625. The van der Waals surface area contributed by atoms with Gasteiger partial charge < -0.3 is 0 Å². The number of halogens is 2. The van der Waals surface area contributed by atoms with Crippen molar-refractivity contribution in [2.75, 3.05) is 0 Å². The van der Waals surface area contributed by atoms with E-state index in [2.05, 4.69) is 68.4 Å². The molecule has 3 rings (SSSR count). The van der Waals surface area contributed by atoms with Crippen LogP contribution < -0.4 is 0 Å². The summed E-state index contributed by atoms with van der Waals surface area (Å²) in [5, 5.41) is 3.14. The molecule has 0 N–H and O–H groups in total. The molecule has 0 saturated carbocycles. The summed E-state index contributed by atoms with van der Waals surface area (Å²) >= 11 is 8.82. The van der Waals surface area contributed by atoms with E-state index in [1.807, 2.05) is 18.2 Å². The molecule has 100 valence electrons. The zero-order valence-electron chi connectivity index (χ0n) is 10.7. The van der Waals surface area contributed by atoms with E-state index in [0.717, 1.165) is 30.8 Å². The fourth-order valence-corrected chi connectivity index (χ4v) is 3.61. The molecule has 0 aliphatic rings. The van der Waals surface area contributed by atoms with Crippen molar-refractivity contribution < 1.29 is 0 Å². The van der Waals surface area contributed by atoms with Crippen molar-refractivity contribution in [3.8, 4) is 21.8 Å². The van der Waals surface area contributed by atoms with E-state index in [-0.39, 0.29) is 0 Å². The minimum Gasteiger partial charge on any atom is -0.236 e. The predicted molar refractivity (Wildman–Crippen MR) is 93.1 cm³/mol. The van der Waals surface area contributed by atoms with Crippen LogP contribution in [0.4, 0.5) is 0 Å². The van der Waals surface area contributed by atoms with Crippen LogP contribution in [-0.4, -0.2) is 4.98 Å². The van der Waals surface area contributed by atoms with Crippen molar-refractivity contribution in [1.82, 2.24) is 4.98 Å². The van der Waals surface area contributed by atoms with Crippen LogP contribution in [0.5, 0.6) is 0 Å². The highest BCUT2D eigenvalue weighted by Gasteiger charge is 2.09. The average molecular weight is 409 g/mol. The zero-order valence-corrected chi connectivity index (χ0v) is 14.7. The molecule has 4 heteroatoms. The van der Waals surface area contributed by atoms with E-state index >= 15 is 0 Å². The summed E-state index contributed by atoms with van der Waals surface area (Å²) in [7, 11) is 0. The molecule has 0 unspecified atom stereocenters. The van der Waals surface area contributed by atoms with Crippen molar-refractivity contribution >= 4 is 43.2 Å². The smallest absolute Gasteiger partial charge is 0.124 e. The van der Waals surface area contributed by atoms with Gasteiger partial charge in [0.1, 0.15) is 5.01 Å². The maximum Gasteiger partial charge on any atom is 0.124 e. The molecule has 0 atom stereocenters. The van der Waals surface area contributed by atoms with E-state index < -0.39 is 0 Å². The number of thiazole rings is 1. The number of aromatic nitrogens is 1. The third-order valence-electron chi connectivity index (χ3n) is 3.07. The van der Waals surface area contributed by atoms with Crippen LogP contribution in [0.1, 0.15) is 5.56 Å². The van der Waals surface area contributed by atoms with Crippen LogP contribution >= 0.6 is 43.2 Å². The molecule has 20 heavy (non-hydrogen) atoms. The summed E-state index contributed by atoms with van der Waals surface area (Å²) in [6.45, 7) is 2.09. The SMILES string of the molecule is Cc1ccc(-c2nc(-c3ccccc3Br)cs2)cc1Br. The third kappa shape index (κ3) is 2.73. The normalized spacial score (nSPS) is 10.8. The summed E-state index contributed by atoms with van der Waals surface area (Å²) in [5.74, 6) is 0. The molecule has 0 fully saturated rings. The minimum atomic E-state index is 1.01. The summed E-state index contributed by atoms with van der Waals surface area (Å²) in [6, 6.07) is 14.5. The Morgan fingerprint density at radius 2 is 1.80 bits per heavy atom. The van der Waals surface area contributed by atoms with Gasteiger partial charge in [0.15, 0.2) is 0 Å². The van der Waals surface area contributed by atoms with Gasteiger partial charge in [0, 0.05) is 25.5 Å². The maximum absolute atomic E-state index is 4.75. The van der Waals surface area contributed by atoms with E-state index in [1.165, 1.54) is 5.56 Å². The largest absolute Gasteiger partial charge is 0.236 e. The lowest BCUT2D eigenvalue weighted by Gasteiger charge is -2.01. The summed E-state index contributed by atoms with van der Waals surface area (Å²) in [6.07, 6.45) is 0. The van der Waals surface area contributed by atoms with Gasteiger partial charge in [-0.05, 0) is 24.6 Å². The standard InChI is InChI=1S/C16H11Br2NS/c1-10-6-7-11(8-14(10)18)16-19-15(9-20-16)12-4-2-3-5-13(12)17/h2-9H,1H3. The number of benzene rings is 2. The lowest BCUT2D eigenvalue weighted by molar-refractivity contribution is 1.37. The van der Waals surface area contributed by atoms with Crippen molar-refractivity contribution in [3.05, 3.63) is 62.4 Å². The van der Waals surface area contributed by atoms with Crippen LogP contribution in [0, 0.1) is 6.92 Å². The molecule has 2 aromatic carbocycles. The Bertz CT molecular complexity index is 765. The number of aryl methyl sites for hydroxylation is 1. The Morgan fingerprint density at radius 1 is 1.00 bits per heavy atom. The van der Waals surface area contributed by atoms with Crippen LogP contribution in [0.25, 0.3) is 21.8 Å². The highest BCUT2D eigenvalue weighted by atomic mass is 79.9. The van der Waals surface area contributed by atoms with E-state index in [1.54, 1.807) is 11.3 Å². The first kappa shape index (κ1) is 14.0. The molecule has 0 spiro atoms. The van der Waals surface area contributed by atoms with Gasteiger partial charge in [-0.3, -0.25) is 0 Å². The van der Waals surface area contributed by atoms with Gasteiger partial charge in [0.05, 0.1) is 5.69 Å². The molecule has 0 aliphatic heterocycles. The van der Waals surface area contributed by atoms with E-state index in [4.69, 9.17) is 4.98 Å². The van der Waals surface area contributed by atoms with Gasteiger partial charge >= 0.3 is 0 Å². The van der Waals surface area contributed by atoms with Crippen molar-refractivity contribution in [1.29, 1.82) is 0 Å². The highest BCUT2D eigenvalue weighted by Crippen LogP contribution is 2.33. The van der Waals surface area contributed by atoms with Gasteiger partial charge in [-0.1, -0.05) is 62.2 Å². The molecule has 0 bridgehead atoms. The number of hydrogen-bond acceptors (Lipinski definition) is 2. The second-order valence-corrected chi connectivity index (χ2v) is 7.05. The van der Waals surface area contributed by atoms with Crippen LogP contribution in [0.2, 0.25) is 0 Å². The first-order chi connectivity index (χ1) is 9.65. The molecule has 0 aliphatic carbocycles. The molecular formula is C16H11Br2NS. The molecule has 3 aromatic rings. The van der Waals surface area contributed by atoms with Crippen LogP contribution in [0.15, 0.2) is 56.8 Å². The van der Waals surface area contributed by atoms with Gasteiger partial charge in [0.25, 0.3) is 0 Å². The summed E-state index contributed by atoms with van der Waals surface area (Å²) < 4.78 is 2.19. The molecule has 0 saturated heterocycles. The summed E-state index contributed by atoms with van der Waals surface area (Å²) in [4.78, 5) is 4.75. The Hall–Kier alpha value is -0.970. The lowest BCUT2D eigenvalue weighted by Crippen LogP contribution is -1.82. The average Bonchev–Trinajstić information content (AvgIpc) is 2.92. The molecule has 1 nitrogen and oxygen atoms in total. The molecule has 0 amide bonds. The maximum atomic E-state index is 4.75. The number of nitrogens with zero attached hydrogens (tertiary/aromatic N) is 1. The monoisotopic (exact) mass is 407 g/mol. The predicted octanol–water partition coefficient (Wildman–Crippen LogP) is 6.31. The Labute approximate surface area is 139 Å². The zero-order chi connectivity index (χ0) is 14.1. The summed E-state index contributed by atoms with van der Waals surface area (Å²) in [5.41, 5.74) is 4.51. The second kappa shape index (κ2) is 5.80. The minimum absolute atomic E-state index is 1.01. The van der Waals surface area contributed by atoms with Crippen molar-refractivity contribution in [2.24, 2.45) is 0 Å². The van der Waals surface area contributed by atoms with Crippen molar-refractivity contribution in [2.45, 2.75) is 6.92 Å². The Morgan fingerprint density at radius 3 is 2.55 bits per heavy atom. The van der Waals surface area contributed by atoms with Crippen molar-refractivity contribution in [3.63, 3.8) is 0 Å². The van der Waals surface area contributed by atoms with Gasteiger partial charge in [-0.15, -0.1) is 11.3 Å². The Kier molecular flexibility index (Phi) is 4.06. The topological polar surface area (TPSA) is 12.9 Å². The fourth-order valence-electron chi connectivity index (χ4n) is 1.92. The number of hydrogen-bond donors (Lipinski definition) is 0. The van der Waals surface area contributed by atoms with E-state index in [9.17, 15) is 0 Å². The molecule has 1 heterocycles. The molecule has 0 radical (unpaired) electrons. The number of rotatable bonds is 2. The third-order valence-corrected chi connectivity index (χ3v) is 5.51. The lowest BCUT2D eigenvalue weighted by atomic mass is 10.1. The molecular weight excluding hydrogens is 398 g/mol. The quantitative estimate of drug-likeness (QED) is 0.484. The highest BCUT2D eigenvalue weighted by molar-refractivity contribution is 9.10.